The summed E-state index contributed by atoms with van der Waals surface area (Å²) in [7, 11) is 0. The first-order valence-electron chi connectivity index (χ1n) is 14.6. The first-order chi connectivity index (χ1) is 19.4. The Balaban J connectivity index is 1.26. The summed E-state index contributed by atoms with van der Waals surface area (Å²) in [6.45, 7) is 7.40. The molecule has 1 unspecified atom stereocenters. The topological polar surface area (TPSA) is 93.5 Å². The van der Waals surface area contributed by atoms with Crippen LogP contribution < -0.4 is 14.4 Å². The fourth-order valence-electron chi connectivity index (χ4n) is 6.22. The molecule has 212 valence electrons. The molecule has 0 radical (unpaired) electrons. The van der Waals surface area contributed by atoms with E-state index in [1.165, 1.54) is 0 Å². The normalized spacial score (nSPS) is 26.6. The Labute approximate surface area is 235 Å². The van der Waals surface area contributed by atoms with Crippen molar-refractivity contribution in [2.45, 2.75) is 84.0 Å². The van der Waals surface area contributed by atoms with Crippen molar-refractivity contribution in [2.24, 2.45) is 11.3 Å². The van der Waals surface area contributed by atoms with Crippen molar-refractivity contribution in [1.82, 2.24) is 20.2 Å². The number of hydrogen-bond acceptors (Lipinski definition) is 8. The van der Waals surface area contributed by atoms with Crippen LogP contribution in [0.15, 0.2) is 36.7 Å². The molecule has 1 aromatic carbocycles. The quantitative estimate of drug-likeness (QED) is 0.380. The lowest BCUT2D eigenvalue weighted by Crippen LogP contribution is -2.51. The van der Waals surface area contributed by atoms with E-state index >= 15 is 4.39 Å². The summed E-state index contributed by atoms with van der Waals surface area (Å²) < 4.78 is 27.5. The van der Waals surface area contributed by atoms with Crippen molar-refractivity contribution < 1.29 is 19.0 Å². The summed E-state index contributed by atoms with van der Waals surface area (Å²) in [5.41, 5.74) is 1.71. The highest BCUT2D eigenvalue weighted by Gasteiger charge is 2.46. The number of phenols is 1. The number of nitrogens with zero attached hydrogens (tertiary/aromatic N) is 5. The Kier molecular flexibility index (Phi) is 7.23. The maximum Gasteiger partial charge on any atom is 0.257 e. The third-order valence-electron chi connectivity index (χ3n) is 8.98. The van der Waals surface area contributed by atoms with Gasteiger partial charge < -0.3 is 19.5 Å². The molecule has 40 heavy (non-hydrogen) atoms. The number of rotatable bonds is 6. The number of fused-ring (bicyclic) bond motifs is 1. The van der Waals surface area contributed by atoms with Crippen LogP contribution in [0.5, 0.6) is 17.4 Å². The third kappa shape index (κ3) is 5.18. The van der Waals surface area contributed by atoms with Gasteiger partial charge in [0.2, 0.25) is 0 Å². The number of ether oxygens (including phenoxy) is 2. The zero-order chi connectivity index (χ0) is 27.9. The van der Waals surface area contributed by atoms with Crippen LogP contribution >= 0.6 is 0 Å². The van der Waals surface area contributed by atoms with Crippen LogP contribution in [0, 0.1) is 11.3 Å². The van der Waals surface area contributed by atoms with Gasteiger partial charge in [-0.3, -0.25) is 0 Å². The lowest BCUT2D eigenvalue weighted by atomic mass is 9.71. The second kappa shape index (κ2) is 10.8. The van der Waals surface area contributed by atoms with Gasteiger partial charge in [0.25, 0.3) is 5.88 Å². The Bertz CT molecular complexity index is 1350. The zero-order valence-electron chi connectivity index (χ0n) is 23.5. The van der Waals surface area contributed by atoms with E-state index in [1.807, 2.05) is 12.1 Å². The fraction of sp³-hybridized carbons (Fsp3) is 0.548. The molecule has 3 heterocycles. The highest BCUT2D eigenvalue weighted by atomic mass is 19.1. The average molecular weight is 548 g/mol. The van der Waals surface area contributed by atoms with E-state index in [1.54, 1.807) is 24.5 Å². The molecule has 1 aliphatic heterocycles. The van der Waals surface area contributed by atoms with Gasteiger partial charge in [0.1, 0.15) is 25.1 Å². The highest BCUT2D eigenvalue weighted by molar-refractivity contribution is 5.73. The molecule has 4 atom stereocenters. The monoisotopic (exact) mass is 547 g/mol. The van der Waals surface area contributed by atoms with Crippen LogP contribution in [0.2, 0.25) is 0 Å². The molecule has 0 bridgehead atoms. The summed E-state index contributed by atoms with van der Waals surface area (Å²) >= 11 is 0. The lowest BCUT2D eigenvalue weighted by Gasteiger charge is -2.45. The molecule has 0 amide bonds. The molecule has 2 aliphatic carbocycles. The maximum absolute atomic E-state index is 16.3. The van der Waals surface area contributed by atoms with E-state index in [-0.39, 0.29) is 23.2 Å². The SMILES string of the molecule is CC[C@]1(C)CCCC(C)C[C@H](N(c2cnc(-c3ccc(-c4cnc5c(c4)OCCO5)cc3O)nn2)C2CC2)[C@@H]1F. The Hall–Kier alpha value is -3.49. The average Bonchev–Trinajstić information content (AvgIpc) is 3.81. The van der Waals surface area contributed by atoms with Crippen molar-refractivity contribution in [1.29, 1.82) is 0 Å². The van der Waals surface area contributed by atoms with E-state index in [4.69, 9.17) is 9.47 Å². The molecule has 8 nitrogen and oxygen atoms in total. The van der Waals surface area contributed by atoms with Crippen LogP contribution in [-0.2, 0) is 0 Å². The number of aromatic nitrogens is 4. The van der Waals surface area contributed by atoms with Gasteiger partial charge in [-0.15, -0.1) is 10.2 Å². The highest BCUT2D eigenvalue weighted by Crippen LogP contribution is 2.45. The molecular formula is C31H38FN5O3. The predicted octanol–water partition coefficient (Wildman–Crippen LogP) is 6.38. The van der Waals surface area contributed by atoms with Gasteiger partial charge in [-0.2, -0.15) is 0 Å². The number of pyridine rings is 1. The van der Waals surface area contributed by atoms with Crippen molar-refractivity contribution in [3.63, 3.8) is 0 Å². The number of phenolic OH excluding ortho intramolecular Hbond substituents is 1. The summed E-state index contributed by atoms with van der Waals surface area (Å²) in [4.78, 5) is 11.1. The van der Waals surface area contributed by atoms with Crippen LogP contribution in [0.1, 0.15) is 65.7 Å². The van der Waals surface area contributed by atoms with E-state index < -0.39 is 6.17 Å². The minimum absolute atomic E-state index is 0.0392. The maximum atomic E-state index is 16.3. The Morgan fingerprint density at radius 1 is 1.05 bits per heavy atom. The summed E-state index contributed by atoms with van der Waals surface area (Å²) in [6.07, 6.45) is 9.22. The second-order valence-corrected chi connectivity index (χ2v) is 11.9. The summed E-state index contributed by atoms with van der Waals surface area (Å²) in [5.74, 6) is 2.49. The summed E-state index contributed by atoms with van der Waals surface area (Å²) in [5, 5.41) is 19.8. The number of halogens is 1. The minimum Gasteiger partial charge on any atom is -0.507 e. The minimum atomic E-state index is -0.950. The molecule has 2 saturated carbocycles. The molecule has 3 aliphatic rings. The number of alkyl halides is 1. The van der Waals surface area contributed by atoms with Crippen molar-refractivity contribution in [2.75, 3.05) is 18.1 Å². The van der Waals surface area contributed by atoms with Gasteiger partial charge >= 0.3 is 0 Å². The van der Waals surface area contributed by atoms with Crippen LogP contribution in [0.25, 0.3) is 22.5 Å². The van der Waals surface area contributed by atoms with Gasteiger partial charge in [-0.1, -0.05) is 39.7 Å². The van der Waals surface area contributed by atoms with Gasteiger partial charge in [0, 0.05) is 23.2 Å². The van der Waals surface area contributed by atoms with Crippen molar-refractivity contribution >= 4 is 5.82 Å². The third-order valence-corrected chi connectivity index (χ3v) is 8.98. The molecule has 6 rings (SSSR count). The van der Waals surface area contributed by atoms with Crippen molar-refractivity contribution in [3.8, 4) is 39.9 Å². The second-order valence-electron chi connectivity index (χ2n) is 11.9. The standard InChI is InChI=1S/C31H38FN5O3/c1-4-31(3)11-5-6-19(2)14-24(28(31)32)37(22-8-9-22)27-18-33-29(36-35-27)23-10-7-20(15-25(23)38)21-16-26-30(34-17-21)40-13-12-39-26/h7,10,15-19,22,24,28,38H,4-6,8-9,11-14H2,1-3H3/t19?,24-,28-,31+/m0/s1. The molecule has 0 saturated heterocycles. The molecule has 2 aromatic heterocycles. The molecule has 9 heteroatoms. The Morgan fingerprint density at radius 2 is 1.88 bits per heavy atom. The van der Waals surface area contributed by atoms with E-state index in [9.17, 15) is 5.11 Å². The van der Waals surface area contributed by atoms with Gasteiger partial charge in [-0.25, -0.2) is 14.4 Å². The fourth-order valence-corrected chi connectivity index (χ4v) is 6.22. The van der Waals surface area contributed by atoms with Gasteiger partial charge in [-0.05, 0) is 61.8 Å². The van der Waals surface area contributed by atoms with Crippen LogP contribution in [0.3, 0.4) is 0 Å². The zero-order valence-corrected chi connectivity index (χ0v) is 23.5. The molecule has 1 N–H and O–H groups in total. The van der Waals surface area contributed by atoms with Crippen molar-refractivity contribution in [3.05, 3.63) is 36.7 Å². The number of anilines is 1. The van der Waals surface area contributed by atoms with E-state index in [0.29, 0.717) is 48.0 Å². The number of aromatic hydroxyl groups is 1. The van der Waals surface area contributed by atoms with Gasteiger partial charge in [0.05, 0.1) is 17.8 Å². The number of benzene rings is 1. The van der Waals surface area contributed by atoms with Crippen LogP contribution in [0.4, 0.5) is 10.2 Å². The van der Waals surface area contributed by atoms with E-state index in [2.05, 4.69) is 45.8 Å². The molecule has 0 spiro atoms. The lowest BCUT2D eigenvalue weighted by molar-refractivity contribution is 0.0577. The molecule has 3 aromatic rings. The van der Waals surface area contributed by atoms with E-state index in [0.717, 1.165) is 56.1 Å². The predicted molar refractivity (Wildman–Crippen MR) is 151 cm³/mol. The molecule has 2 fully saturated rings. The van der Waals surface area contributed by atoms with Crippen LogP contribution in [-0.4, -0.2) is 56.7 Å². The van der Waals surface area contributed by atoms with Gasteiger partial charge in [0.15, 0.2) is 17.4 Å². The first-order valence-corrected chi connectivity index (χ1v) is 14.6. The summed E-state index contributed by atoms with van der Waals surface area (Å²) in [6, 6.07) is 7.19. The number of hydrogen-bond donors (Lipinski definition) is 1. The largest absolute Gasteiger partial charge is 0.507 e. The molecular weight excluding hydrogens is 509 g/mol. The smallest absolute Gasteiger partial charge is 0.257 e. The Morgan fingerprint density at radius 3 is 2.60 bits per heavy atom. The first kappa shape index (κ1) is 26.7.